The molecule has 21 heavy (non-hydrogen) atoms. The van der Waals surface area contributed by atoms with Crippen molar-refractivity contribution in [3.63, 3.8) is 0 Å². The molecule has 2 rings (SSSR count). The Morgan fingerprint density at radius 2 is 2.14 bits per heavy atom. The largest absolute Gasteiger partial charge is 0.493 e. The van der Waals surface area contributed by atoms with E-state index in [1.165, 1.54) is 13.1 Å². The minimum Gasteiger partial charge on any atom is -0.493 e. The summed E-state index contributed by atoms with van der Waals surface area (Å²) in [5, 5.41) is 4.17. The molecule has 0 saturated carbocycles. The van der Waals surface area contributed by atoms with E-state index in [-0.39, 0.29) is 5.56 Å². The summed E-state index contributed by atoms with van der Waals surface area (Å²) in [6, 6.07) is 8.68. The van der Waals surface area contributed by atoms with Crippen molar-refractivity contribution in [2.24, 2.45) is 12.9 Å². The third-order valence-electron chi connectivity index (χ3n) is 2.90. The van der Waals surface area contributed by atoms with Gasteiger partial charge in [-0.2, -0.15) is 5.10 Å². The highest BCUT2D eigenvalue weighted by molar-refractivity contribution is 5.94. The van der Waals surface area contributed by atoms with Crippen LogP contribution in [0.1, 0.15) is 17.3 Å². The average Bonchev–Trinajstić information content (AvgIpc) is 2.50. The van der Waals surface area contributed by atoms with Gasteiger partial charge in [-0.25, -0.2) is 10.5 Å². The zero-order valence-electron chi connectivity index (χ0n) is 11.8. The smallest absolute Gasteiger partial charge is 0.279 e. The summed E-state index contributed by atoms with van der Waals surface area (Å²) < 4.78 is 6.64. The van der Waals surface area contributed by atoms with E-state index in [9.17, 15) is 9.59 Å². The standard InChI is InChI=1S/C14H16N4O3/c1-3-21-12-7-5-4-6-9(12)11-8-10(13(19)16-15)14(20)18(2)17-11/h4-8H,3,15H2,1-2H3,(H,16,19). The van der Waals surface area contributed by atoms with Crippen LogP contribution in [-0.2, 0) is 7.05 Å². The molecule has 1 amide bonds. The molecule has 0 fully saturated rings. The van der Waals surface area contributed by atoms with Crippen molar-refractivity contribution in [2.45, 2.75) is 6.92 Å². The first-order chi connectivity index (χ1) is 10.1. The maximum Gasteiger partial charge on any atom is 0.279 e. The van der Waals surface area contributed by atoms with Crippen LogP contribution in [0.25, 0.3) is 11.3 Å². The third-order valence-corrected chi connectivity index (χ3v) is 2.90. The van der Waals surface area contributed by atoms with E-state index in [1.54, 1.807) is 6.07 Å². The predicted octanol–water partition coefficient (Wildman–Crippen LogP) is 0.449. The number of hydrogen-bond donors (Lipinski definition) is 2. The van der Waals surface area contributed by atoms with Gasteiger partial charge in [-0.3, -0.25) is 15.0 Å². The van der Waals surface area contributed by atoms with Crippen molar-refractivity contribution in [3.8, 4) is 17.0 Å². The molecular formula is C14H16N4O3. The van der Waals surface area contributed by atoms with Crippen LogP contribution in [0.3, 0.4) is 0 Å². The minimum absolute atomic E-state index is 0.0729. The third kappa shape index (κ3) is 2.92. The number of nitrogen functional groups attached to an aromatic ring is 1. The van der Waals surface area contributed by atoms with Gasteiger partial charge in [0.05, 0.1) is 12.3 Å². The molecule has 7 nitrogen and oxygen atoms in total. The van der Waals surface area contributed by atoms with E-state index >= 15 is 0 Å². The lowest BCUT2D eigenvalue weighted by Crippen LogP contribution is -2.36. The molecule has 0 aliphatic rings. The first-order valence-corrected chi connectivity index (χ1v) is 6.40. The molecule has 0 spiro atoms. The van der Waals surface area contributed by atoms with Gasteiger partial charge in [0.1, 0.15) is 11.3 Å². The second-order valence-electron chi connectivity index (χ2n) is 4.27. The van der Waals surface area contributed by atoms with Gasteiger partial charge in [0, 0.05) is 12.6 Å². The van der Waals surface area contributed by atoms with Crippen molar-refractivity contribution < 1.29 is 9.53 Å². The van der Waals surface area contributed by atoms with Gasteiger partial charge in [-0.1, -0.05) is 12.1 Å². The van der Waals surface area contributed by atoms with Crippen molar-refractivity contribution in [3.05, 3.63) is 46.2 Å². The molecule has 0 unspecified atom stereocenters. The van der Waals surface area contributed by atoms with Crippen LogP contribution in [0.2, 0.25) is 0 Å². The lowest BCUT2D eigenvalue weighted by Gasteiger charge is -2.11. The number of carbonyl (C=O) groups is 1. The summed E-state index contributed by atoms with van der Waals surface area (Å²) in [6.07, 6.45) is 0. The molecule has 0 radical (unpaired) electrons. The van der Waals surface area contributed by atoms with E-state index in [0.29, 0.717) is 23.6 Å². The van der Waals surface area contributed by atoms with Crippen molar-refractivity contribution >= 4 is 5.91 Å². The normalized spacial score (nSPS) is 10.2. The van der Waals surface area contributed by atoms with E-state index in [1.807, 2.05) is 30.5 Å². The number of hydrogen-bond acceptors (Lipinski definition) is 5. The van der Waals surface area contributed by atoms with Crippen LogP contribution in [0.4, 0.5) is 0 Å². The summed E-state index contributed by atoms with van der Waals surface area (Å²) in [4.78, 5) is 23.6. The number of rotatable bonds is 4. The highest BCUT2D eigenvalue weighted by Crippen LogP contribution is 2.28. The number of para-hydroxylation sites is 1. The molecule has 3 N–H and O–H groups in total. The quantitative estimate of drug-likeness (QED) is 0.483. The Morgan fingerprint density at radius 1 is 1.43 bits per heavy atom. The van der Waals surface area contributed by atoms with E-state index in [4.69, 9.17) is 10.6 Å². The summed E-state index contributed by atoms with van der Waals surface area (Å²) in [6.45, 7) is 2.37. The SMILES string of the molecule is CCOc1ccccc1-c1cc(C(=O)NN)c(=O)n(C)n1. The molecule has 7 heteroatoms. The zero-order chi connectivity index (χ0) is 15.4. The highest BCUT2D eigenvalue weighted by Gasteiger charge is 2.16. The Labute approximate surface area is 121 Å². The molecule has 0 aliphatic heterocycles. The molecule has 2 aromatic rings. The molecule has 0 aliphatic carbocycles. The van der Waals surface area contributed by atoms with E-state index in [2.05, 4.69) is 5.10 Å². The van der Waals surface area contributed by atoms with Crippen molar-refractivity contribution in [1.29, 1.82) is 0 Å². The molecule has 1 aromatic carbocycles. The number of aryl methyl sites for hydroxylation is 1. The Balaban J connectivity index is 2.63. The summed E-state index contributed by atoms with van der Waals surface area (Å²) in [5.74, 6) is 5.07. The molecule has 1 heterocycles. The van der Waals surface area contributed by atoms with Gasteiger partial charge >= 0.3 is 0 Å². The monoisotopic (exact) mass is 288 g/mol. The van der Waals surface area contributed by atoms with Crippen LogP contribution in [-0.4, -0.2) is 22.3 Å². The number of ether oxygens (including phenoxy) is 1. The second-order valence-corrected chi connectivity index (χ2v) is 4.27. The van der Waals surface area contributed by atoms with Crippen molar-refractivity contribution in [2.75, 3.05) is 6.61 Å². The van der Waals surface area contributed by atoms with Gasteiger partial charge in [0.15, 0.2) is 0 Å². The predicted molar refractivity (Wildman–Crippen MR) is 77.7 cm³/mol. The van der Waals surface area contributed by atoms with E-state index in [0.717, 1.165) is 4.68 Å². The fourth-order valence-electron chi connectivity index (χ4n) is 1.94. The Kier molecular flexibility index (Phi) is 4.34. The minimum atomic E-state index is -0.659. The topological polar surface area (TPSA) is 99.2 Å². The number of carbonyl (C=O) groups excluding carboxylic acids is 1. The molecule has 0 bridgehead atoms. The number of nitrogens with two attached hydrogens (primary N) is 1. The maximum atomic E-state index is 11.9. The van der Waals surface area contributed by atoms with Crippen LogP contribution in [0.15, 0.2) is 35.1 Å². The number of nitrogens with zero attached hydrogens (tertiary/aromatic N) is 2. The fourth-order valence-corrected chi connectivity index (χ4v) is 1.94. The molecule has 110 valence electrons. The molecular weight excluding hydrogens is 272 g/mol. The summed E-state index contributed by atoms with van der Waals surface area (Å²) in [5.41, 5.74) is 2.52. The van der Waals surface area contributed by atoms with Gasteiger partial charge in [-0.15, -0.1) is 0 Å². The van der Waals surface area contributed by atoms with Crippen LogP contribution in [0.5, 0.6) is 5.75 Å². The molecule has 0 atom stereocenters. The van der Waals surface area contributed by atoms with Gasteiger partial charge in [0.25, 0.3) is 11.5 Å². The van der Waals surface area contributed by atoms with Gasteiger partial charge < -0.3 is 4.74 Å². The van der Waals surface area contributed by atoms with E-state index < -0.39 is 11.5 Å². The van der Waals surface area contributed by atoms with Crippen LogP contribution in [0, 0.1) is 0 Å². The first-order valence-electron chi connectivity index (χ1n) is 6.40. The first kappa shape index (κ1) is 14.7. The maximum absolute atomic E-state index is 11.9. The van der Waals surface area contributed by atoms with Crippen molar-refractivity contribution in [1.82, 2.24) is 15.2 Å². The number of aromatic nitrogens is 2. The lowest BCUT2D eigenvalue weighted by molar-refractivity contribution is 0.0951. The number of benzene rings is 1. The number of nitrogens with one attached hydrogen (secondary N) is 1. The zero-order valence-corrected chi connectivity index (χ0v) is 11.8. The highest BCUT2D eigenvalue weighted by atomic mass is 16.5. The molecule has 0 saturated heterocycles. The van der Waals surface area contributed by atoms with Crippen LogP contribution < -0.4 is 21.6 Å². The number of hydrazine groups is 1. The molecule has 1 aromatic heterocycles. The fraction of sp³-hybridized carbons (Fsp3) is 0.214. The average molecular weight is 288 g/mol. The number of amides is 1. The second kappa shape index (κ2) is 6.19. The Morgan fingerprint density at radius 3 is 2.81 bits per heavy atom. The lowest BCUT2D eigenvalue weighted by atomic mass is 10.1. The van der Waals surface area contributed by atoms with Gasteiger partial charge in [0.2, 0.25) is 0 Å². The Hall–Kier alpha value is -2.67. The van der Waals surface area contributed by atoms with Crippen LogP contribution >= 0.6 is 0 Å². The van der Waals surface area contributed by atoms with Gasteiger partial charge in [-0.05, 0) is 25.1 Å². The Bertz CT molecular complexity index is 724. The summed E-state index contributed by atoms with van der Waals surface area (Å²) in [7, 11) is 1.47. The summed E-state index contributed by atoms with van der Waals surface area (Å²) >= 11 is 0.